The van der Waals surface area contributed by atoms with Crippen molar-refractivity contribution >= 4 is 23.3 Å². The van der Waals surface area contributed by atoms with Gasteiger partial charge in [-0.3, -0.25) is 19.3 Å². The number of hydrogen-bond donors (Lipinski definition) is 1. The summed E-state index contributed by atoms with van der Waals surface area (Å²) in [6.45, 7) is 3.82. The van der Waals surface area contributed by atoms with Crippen LogP contribution in [0.1, 0.15) is 66.8 Å². The molecule has 11 nitrogen and oxygen atoms in total. The maximum atomic E-state index is 14.4. The topological polar surface area (TPSA) is 145 Å². The van der Waals surface area contributed by atoms with Crippen molar-refractivity contribution < 1.29 is 19.1 Å². The van der Waals surface area contributed by atoms with Gasteiger partial charge in [0.2, 0.25) is 11.8 Å². The van der Waals surface area contributed by atoms with Crippen molar-refractivity contribution in [1.29, 1.82) is 0 Å². The van der Waals surface area contributed by atoms with Crippen molar-refractivity contribution in [1.82, 2.24) is 9.80 Å². The molecule has 5 aliphatic rings. The first-order chi connectivity index (χ1) is 19.0. The molecule has 2 amide bonds. The molecule has 1 aromatic rings. The molecule has 2 saturated carbocycles. The molecular weight excluding hydrogens is 498 g/mol. The fraction of sp³-hybridized carbons (Fsp3) is 0.679. The average Bonchev–Trinajstić information content (AvgIpc) is 3.64. The van der Waals surface area contributed by atoms with Gasteiger partial charge in [-0.25, -0.2) is 0 Å². The molecule has 0 bridgehead atoms. The van der Waals surface area contributed by atoms with Crippen LogP contribution in [0.5, 0.6) is 0 Å². The molecule has 6 rings (SSSR count). The minimum atomic E-state index is -0.767. The quantitative estimate of drug-likeness (QED) is 0.323. The van der Waals surface area contributed by atoms with Gasteiger partial charge in [-0.05, 0) is 60.9 Å². The van der Waals surface area contributed by atoms with Crippen molar-refractivity contribution in [2.75, 3.05) is 44.2 Å². The van der Waals surface area contributed by atoms with E-state index in [4.69, 9.17) is 16.0 Å². The number of hydrogen-bond acceptors (Lipinski definition) is 7. The van der Waals surface area contributed by atoms with Gasteiger partial charge < -0.3 is 20.3 Å². The van der Waals surface area contributed by atoms with Gasteiger partial charge in [0.05, 0.1) is 18.1 Å². The lowest BCUT2D eigenvalue weighted by Crippen LogP contribution is -2.52. The van der Waals surface area contributed by atoms with Crippen LogP contribution < -0.4 is 10.6 Å². The van der Waals surface area contributed by atoms with E-state index in [1.807, 2.05) is 12.1 Å². The van der Waals surface area contributed by atoms with Gasteiger partial charge in [0.25, 0.3) is 0 Å². The normalized spacial score (nSPS) is 28.7. The molecule has 5 fully saturated rings. The molecule has 11 heteroatoms. The Labute approximate surface area is 228 Å². The number of primary amides is 1. The molecule has 0 spiro atoms. The smallest absolute Gasteiger partial charge is 0.249 e. The number of likely N-dealkylation sites (tertiary alicyclic amines) is 1. The van der Waals surface area contributed by atoms with E-state index in [0.717, 1.165) is 57.5 Å². The molecule has 0 aromatic heterocycles. The summed E-state index contributed by atoms with van der Waals surface area (Å²) < 4.78 is 5.65. The SMILES string of the molecule is [N-]=[N+]=N[C@@H]1CN(C(=O)[C@H](c2cc(N3CCN(C4CCC4)CC3)ccc2C(N)=O)C2CCCC2)[C@@H]2C(=O)CO[C@@H]21. The van der Waals surface area contributed by atoms with Gasteiger partial charge >= 0.3 is 0 Å². The Kier molecular flexibility index (Phi) is 7.22. The van der Waals surface area contributed by atoms with Crippen LogP contribution in [0.2, 0.25) is 0 Å². The van der Waals surface area contributed by atoms with E-state index >= 15 is 0 Å². The highest BCUT2D eigenvalue weighted by Gasteiger charge is 2.53. The number of carbonyl (C=O) groups excluding carboxylic acids is 3. The Morgan fingerprint density at radius 1 is 1.08 bits per heavy atom. The van der Waals surface area contributed by atoms with E-state index in [9.17, 15) is 14.4 Å². The number of piperazine rings is 1. The van der Waals surface area contributed by atoms with Crippen LogP contribution in [0.15, 0.2) is 23.3 Å². The van der Waals surface area contributed by atoms with Crippen molar-refractivity contribution in [2.45, 2.75) is 75.1 Å². The van der Waals surface area contributed by atoms with Crippen LogP contribution in [0.25, 0.3) is 10.4 Å². The maximum Gasteiger partial charge on any atom is 0.249 e. The van der Waals surface area contributed by atoms with Crippen LogP contribution in [0.4, 0.5) is 5.69 Å². The lowest BCUT2D eigenvalue weighted by Gasteiger charge is -2.43. The molecule has 2 aliphatic carbocycles. The van der Waals surface area contributed by atoms with Crippen LogP contribution in [0, 0.1) is 5.92 Å². The third-order valence-electron chi connectivity index (χ3n) is 9.68. The minimum absolute atomic E-state index is 0.0377. The Morgan fingerprint density at radius 2 is 1.82 bits per heavy atom. The van der Waals surface area contributed by atoms with Crippen LogP contribution in [-0.4, -0.2) is 91.0 Å². The van der Waals surface area contributed by atoms with E-state index < -0.39 is 30.0 Å². The Bertz CT molecular complexity index is 1180. The number of fused-ring (bicyclic) bond motifs is 1. The third-order valence-corrected chi connectivity index (χ3v) is 9.68. The number of nitrogens with two attached hydrogens (primary N) is 1. The molecule has 4 atom stereocenters. The number of nitrogens with zero attached hydrogens (tertiary/aromatic N) is 6. The van der Waals surface area contributed by atoms with Gasteiger partial charge in [-0.2, -0.15) is 0 Å². The van der Waals surface area contributed by atoms with Gasteiger partial charge in [0.15, 0.2) is 5.78 Å². The lowest BCUT2D eigenvalue weighted by molar-refractivity contribution is -0.138. The number of rotatable bonds is 7. The van der Waals surface area contributed by atoms with E-state index in [1.54, 1.807) is 11.0 Å². The summed E-state index contributed by atoms with van der Waals surface area (Å²) in [4.78, 5) is 49.2. The Morgan fingerprint density at radius 3 is 2.46 bits per heavy atom. The fourth-order valence-electron chi connectivity index (χ4n) is 7.41. The molecule has 208 valence electrons. The number of azide groups is 1. The van der Waals surface area contributed by atoms with E-state index in [0.29, 0.717) is 17.2 Å². The number of ketones is 1. The average molecular weight is 536 g/mol. The first-order valence-electron chi connectivity index (χ1n) is 14.4. The molecule has 3 saturated heterocycles. The number of benzene rings is 1. The van der Waals surface area contributed by atoms with Crippen molar-refractivity contribution in [3.05, 3.63) is 39.8 Å². The predicted octanol–water partition coefficient (Wildman–Crippen LogP) is 2.59. The molecule has 3 aliphatic heterocycles. The molecule has 2 N–H and O–H groups in total. The molecule has 3 heterocycles. The third kappa shape index (κ3) is 4.77. The fourth-order valence-corrected chi connectivity index (χ4v) is 7.41. The molecule has 1 aromatic carbocycles. The molecular formula is C28H37N7O4. The molecule has 39 heavy (non-hydrogen) atoms. The van der Waals surface area contributed by atoms with Crippen molar-refractivity contribution in [3.8, 4) is 0 Å². The van der Waals surface area contributed by atoms with Crippen LogP contribution in [0.3, 0.4) is 0 Å². The monoisotopic (exact) mass is 535 g/mol. The largest absolute Gasteiger partial charge is 0.369 e. The van der Waals surface area contributed by atoms with Crippen LogP contribution in [-0.2, 0) is 14.3 Å². The second-order valence-electron chi connectivity index (χ2n) is 11.7. The summed E-state index contributed by atoms with van der Waals surface area (Å²) in [6, 6.07) is 5.03. The first kappa shape index (κ1) is 26.1. The number of amides is 2. The number of ether oxygens (including phenoxy) is 1. The number of Topliss-reactive ketones (excluding diaryl/α,β-unsaturated/α-hetero) is 1. The van der Waals surface area contributed by atoms with E-state index in [1.165, 1.54) is 19.3 Å². The zero-order valence-corrected chi connectivity index (χ0v) is 22.3. The molecule has 0 radical (unpaired) electrons. The summed E-state index contributed by atoms with van der Waals surface area (Å²) >= 11 is 0. The van der Waals surface area contributed by atoms with Gasteiger partial charge in [0.1, 0.15) is 12.6 Å². The minimum Gasteiger partial charge on any atom is -0.369 e. The second-order valence-corrected chi connectivity index (χ2v) is 11.7. The van der Waals surface area contributed by atoms with Crippen molar-refractivity contribution in [3.63, 3.8) is 0 Å². The Hall–Kier alpha value is -3.14. The summed E-state index contributed by atoms with van der Waals surface area (Å²) in [5.41, 5.74) is 16.9. The summed E-state index contributed by atoms with van der Waals surface area (Å²) in [5.74, 6) is -1.52. The van der Waals surface area contributed by atoms with Gasteiger partial charge in [-0.15, -0.1) is 0 Å². The van der Waals surface area contributed by atoms with E-state index in [2.05, 4.69) is 19.8 Å². The number of carbonyl (C=O) groups is 3. The van der Waals surface area contributed by atoms with E-state index in [-0.39, 0.29) is 30.8 Å². The zero-order valence-electron chi connectivity index (χ0n) is 22.3. The molecule has 0 unspecified atom stereocenters. The van der Waals surface area contributed by atoms with Crippen molar-refractivity contribution in [2.24, 2.45) is 16.8 Å². The summed E-state index contributed by atoms with van der Waals surface area (Å²) in [5, 5.41) is 3.84. The van der Waals surface area contributed by atoms with Gasteiger partial charge in [0, 0.05) is 54.9 Å². The van der Waals surface area contributed by atoms with Crippen LogP contribution >= 0.6 is 0 Å². The first-order valence-corrected chi connectivity index (χ1v) is 14.4. The highest BCUT2D eigenvalue weighted by molar-refractivity contribution is 5.99. The highest BCUT2D eigenvalue weighted by Crippen LogP contribution is 2.43. The maximum absolute atomic E-state index is 14.4. The summed E-state index contributed by atoms with van der Waals surface area (Å²) in [7, 11) is 0. The Balaban J connectivity index is 1.33. The highest BCUT2D eigenvalue weighted by atomic mass is 16.5. The lowest BCUT2D eigenvalue weighted by atomic mass is 9.80. The summed E-state index contributed by atoms with van der Waals surface area (Å²) in [6.07, 6.45) is 7.02. The standard InChI is InChI=1S/C28H37N7O4/c29-27(37)20-9-8-19(34-12-10-33(11-13-34)18-6-3-7-18)14-21(20)24(17-4-1-2-5-17)28(38)35-15-22(31-32-30)26-25(35)23(36)16-39-26/h8-9,14,17-18,22,24-26H,1-7,10-13,15-16H2,(H2,29,37)/t22-,24+,25-,26-/m1/s1. The number of anilines is 1. The second kappa shape index (κ2) is 10.8. The zero-order chi connectivity index (χ0) is 27.1. The predicted molar refractivity (Wildman–Crippen MR) is 144 cm³/mol. The van der Waals surface area contributed by atoms with Gasteiger partial charge in [-0.1, -0.05) is 24.4 Å².